The molecule has 0 spiro atoms. The summed E-state index contributed by atoms with van der Waals surface area (Å²) in [6.45, 7) is 1.98. The Morgan fingerprint density at radius 2 is 2.04 bits per heavy atom. The molecule has 0 saturated carbocycles. The molecule has 0 aromatic heterocycles. The molecule has 1 aromatic carbocycles. The Labute approximate surface area is 141 Å². The number of urea groups is 1. The maximum atomic E-state index is 12.7. The second-order valence-corrected chi connectivity index (χ2v) is 6.22. The molecule has 0 saturated heterocycles. The first-order valence-electron chi connectivity index (χ1n) is 8.29. The van der Waals surface area contributed by atoms with E-state index >= 15 is 0 Å². The van der Waals surface area contributed by atoms with Gasteiger partial charge in [-0.15, -0.1) is 0 Å². The standard InChI is InChI=1S/C19H22N2O3/c1-13-16(18(22)24-12-14-8-4-2-5-9-14)17(21-19(23)20-13)15-10-6-3-7-11-15/h2-6,8-9,15,17H,7,10-12H2,1H3,(H2,20,21,23)/t15-,17-/m0/s1. The summed E-state index contributed by atoms with van der Waals surface area (Å²) < 4.78 is 5.49. The first-order chi connectivity index (χ1) is 11.6. The molecule has 2 amide bonds. The molecule has 3 rings (SSSR count). The predicted octanol–water partition coefficient (Wildman–Crippen LogP) is 3.04. The quantitative estimate of drug-likeness (QED) is 0.660. The van der Waals surface area contributed by atoms with Crippen molar-refractivity contribution in [3.8, 4) is 0 Å². The molecule has 0 fully saturated rings. The van der Waals surface area contributed by atoms with Gasteiger partial charge in [-0.1, -0.05) is 42.5 Å². The van der Waals surface area contributed by atoms with Crippen molar-refractivity contribution >= 4 is 12.0 Å². The van der Waals surface area contributed by atoms with Gasteiger partial charge in [0.15, 0.2) is 0 Å². The fourth-order valence-electron chi connectivity index (χ4n) is 3.27. The van der Waals surface area contributed by atoms with Gasteiger partial charge in [0, 0.05) is 5.70 Å². The molecule has 0 bridgehead atoms. The second-order valence-electron chi connectivity index (χ2n) is 6.22. The lowest BCUT2D eigenvalue weighted by Crippen LogP contribution is -2.53. The first-order valence-corrected chi connectivity index (χ1v) is 8.29. The summed E-state index contributed by atoms with van der Waals surface area (Å²) in [7, 11) is 0. The van der Waals surface area contributed by atoms with Gasteiger partial charge in [-0.25, -0.2) is 9.59 Å². The molecule has 1 aliphatic carbocycles. The van der Waals surface area contributed by atoms with Crippen LogP contribution in [0.5, 0.6) is 0 Å². The lowest BCUT2D eigenvalue weighted by atomic mass is 9.82. The topological polar surface area (TPSA) is 67.4 Å². The monoisotopic (exact) mass is 326 g/mol. The zero-order chi connectivity index (χ0) is 16.9. The van der Waals surface area contributed by atoms with Gasteiger partial charge in [0.1, 0.15) is 6.61 Å². The zero-order valence-corrected chi connectivity index (χ0v) is 13.7. The van der Waals surface area contributed by atoms with E-state index in [1.807, 2.05) is 30.3 Å². The van der Waals surface area contributed by atoms with Crippen molar-refractivity contribution in [2.45, 2.75) is 38.8 Å². The molecule has 1 heterocycles. The van der Waals surface area contributed by atoms with Crippen LogP contribution in [0.25, 0.3) is 0 Å². The summed E-state index contributed by atoms with van der Waals surface area (Å²) in [6.07, 6.45) is 7.03. The van der Waals surface area contributed by atoms with Crippen molar-refractivity contribution in [3.63, 3.8) is 0 Å². The number of hydrogen-bond donors (Lipinski definition) is 2. The van der Waals surface area contributed by atoms with E-state index in [0.29, 0.717) is 11.3 Å². The largest absolute Gasteiger partial charge is 0.457 e. The Morgan fingerprint density at radius 3 is 2.75 bits per heavy atom. The molecule has 5 nitrogen and oxygen atoms in total. The summed E-state index contributed by atoms with van der Waals surface area (Å²) in [6, 6.07) is 9.02. The van der Waals surface area contributed by atoms with E-state index < -0.39 is 0 Å². The molecular weight excluding hydrogens is 304 g/mol. The Balaban J connectivity index is 1.76. The van der Waals surface area contributed by atoms with E-state index in [4.69, 9.17) is 4.74 Å². The van der Waals surface area contributed by atoms with Crippen molar-refractivity contribution in [2.75, 3.05) is 0 Å². The van der Waals surface area contributed by atoms with Gasteiger partial charge in [0.25, 0.3) is 0 Å². The highest BCUT2D eigenvalue weighted by Gasteiger charge is 2.36. The van der Waals surface area contributed by atoms with Crippen LogP contribution in [0.2, 0.25) is 0 Å². The van der Waals surface area contributed by atoms with E-state index in [-0.39, 0.29) is 30.6 Å². The summed E-state index contributed by atoms with van der Waals surface area (Å²) in [5, 5.41) is 5.59. The van der Waals surface area contributed by atoms with Crippen LogP contribution >= 0.6 is 0 Å². The summed E-state index contributed by atoms with van der Waals surface area (Å²) in [4.78, 5) is 24.5. The van der Waals surface area contributed by atoms with Crippen molar-refractivity contribution in [1.82, 2.24) is 10.6 Å². The molecule has 2 aliphatic rings. The van der Waals surface area contributed by atoms with Gasteiger partial charge in [-0.05, 0) is 37.7 Å². The van der Waals surface area contributed by atoms with Crippen molar-refractivity contribution < 1.29 is 14.3 Å². The Morgan fingerprint density at radius 1 is 1.25 bits per heavy atom. The first kappa shape index (κ1) is 16.3. The number of carbonyl (C=O) groups is 2. The zero-order valence-electron chi connectivity index (χ0n) is 13.7. The van der Waals surface area contributed by atoms with Gasteiger partial charge >= 0.3 is 12.0 Å². The highest BCUT2D eigenvalue weighted by molar-refractivity contribution is 5.94. The van der Waals surface area contributed by atoms with Crippen LogP contribution in [0, 0.1) is 5.92 Å². The van der Waals surface area contributed by atoms with Crippen LogP contribution in [-0.4, -0.2) is 18.0 Å². The third-order valence-corrected chi connectivity index (χ3v) is 4.52. The maximum absolute atomic E-state index is 12.7. The fraction of sp³-hybridized carbons (Fsp3) is 0.368. The predicted molar refractivity (Wildman–Crippen MR) is 90.9 cm³/mol. The van der Waals surface area contributed by atoms with Gasteiger partial charge < -0.3 is 15.4 Å². The number of esters is 1. The van der Waals surface area contributed by atoms with Gasteiger partial charge in [0.2, 0.25) is 0 Å². The van der Waals surface area contributed by atoms with Crippen LogP contribution < -0.4 is 10.6 Å². The number of rotatable bonds is 4. The molecular formula is C19H22N2O3. The number of ether oxygens (including phenoxy) is 1. The Kier molecular flexibility index (Phi) is 4.99. The molecule has 126 valence electrons. The van der Waals surface area contributed by atoms with Crippen molar-refractivity contribution in [2.24, 2.45) is 5.92 Å². The molecule has 2 atom stereocenters. The second kappa shape index (κ2) is 7.34. The van der Waals surface area contributed by atoms with Crippen LogP contribution in [-0.2, 0) is 16.1 Å². The fourth-order valence-corrected chi connectivity index (χ4v) is 3.27. The highest BCUT2D eigenvalue weighted by atomic mass is 16.5. The average molecular weight is 326 g/mol. The van der Waals surface area contributed by atoms with Crippen molar-refractivity contribution in [1.29, 1.82) is 0 Å². The third kappa shape index (κ3) is 3.67. The van der Waals surface area contributed by atoms with Crippen LogP contribution in [0.4, 0.5) is 4.79 Å². The summed E-state index contributed by atoms with van der Waals surface area (Å²) >= 11 is 0. The number of benzene rings is 1. The van der Waals surface area contributed by atoms with Crippen molar-refractivity contribution in [3.05, 3.63) is 59.3 Å². The molecule has 1 aliphatic heterocycles. The molecule has 1 aromatic rings. The molecule has 5 heteroatoms. The summed E-state index contributed by atoms with van der Waals surface area (Å²) in [5.41, 5.74) is 2.05. The molecule has 24 heavy (non-hydrogen) atoms. The summed E-state index contributed by atoms with van der Waals surface area (Å²) in [5.74, 6) is -0.154. The molecule has 0 unspecified atom stereocenters. The van der Waals surface area contributed by atoms with Gasteiger partial charge in [-0.2, -0.15) is 0 Å². The van der Waals surface area contributed by atoms with Gasteiger partial charge in [-0.3, -0.25) is 0 Å². The Hall–Kier alpha value is -2.56. The number of nitrogens with one attached hydrogen (secondary N) is 2. The van der Waals surface area contributed by atoms with Crippen LogP contribution in [0.15, 0.2) is 53.8 Å². The number of carbonyl (C=O) groups excluding carboxylic acids is 2. The normalized spacial score (nSPS) is 23.5. The minimum Gasteiger partial charge on any atom is -0.457 e. The SMILES string of the molecule is CC1=C(C(=O)OCc2ccccc2)[C@H]([C@H]2CC=CCC2)NC(=O)N1. The smallest absolute Gasteiger partial charge is 0.338 e. The highest BCUT2D eigenvalue weighted by Crippen LogP contribution is 2.29. The van der Waals surface area contributed by atoms with E-state index in [0.717, 1.165) is 24.8 Å². The Bertz CT molecular complexity index is 679. The van der Waals surface area contributed by atoms with Crippen LogP contribution in [0.3, 0.4) is 0 Å². The van der Waals surface area contributed by atoms with E-state index in [1.54, 1.807) is 6.92 Å². The number of allylic oxidation sites excluding steroid dienone is 3. The molecule has 0 radical (unpaired) electrons. The van der Waals surface area contributed by atoms with Crippen LogP contribution in [0.1, 0.15) is 31.7 Å². The number of amides is 2. The van der Waals surface area contributed by atoms with E-state index in [1.165, 1.54) is 0 Å². The minimum absolute atomic E-state index is 0.218. The number of hydrogen-bond acceptors (Lipinski definition) is 3. The van der Waals surface area contributed by atoms with E-state index in [9.17, 15) is 9.59 Å². The lowest BCUT2D eigenvalue weighted by Gasteiger charge is -2.34. The van der Waals surface area contributed by atoms with Gasteiger partial charge in [0.05, 0.1) is 11.6 Å². The third-order valence-electron chi connectivity index (χ3n) is 4.52. The lowest BCUT2D eigenvalue weighted by molar-refractivity contribution is -0.141. The minimum atomic E-state index is -0.372. The molecule has 2 N–H and O–H groups in total. The average Bonchev–Trinajstić information content (AvgIpc) is 2.60. The maximum Gasteiger partial charge on any atom is 0.338 e. The van der Waals surface area contributed by atoms with E-state index in [2.05, 4.69) is 22.8 Å².